The summed E-state index contributed by atoms with van der Waals surface area (Å²) in [6, 6.07) is 8.62. The molecule has 6 nitrogen and oxygen atoms in total. The third-order valence-corrected chi connectivity index (χ3v) is 5.39. The first-order valence-electron chi connectivity index (χ1n) is 9.52. The maximum Gasteiger partial charge on any atom is 0.227 e. The van der Waals surface area contributed by atoms with Crippen LogP contribution in [0.3, 0.4) is 0 Å². The highest BCUT2D eigenvalue weighted by molar-refractivity contribution is 5.80. The second-order valence-corrected chi connectivity index (χ2v) is 7.10. The van der Waals surface area contributed by atoms with Crippen molar-refractivity contribution in [2.24, 2.45) is 5.92 Å². The molecule has 2 aliphatic rings. The summed E-state index contributed by atoms with van der Waals surface area (Å²) in [5.74, 6) is 0.661. The van der Waals surface area contributed by atoms with Crippen molar-refractivity contribution in [2.75, 3.05) is 49.1 Å². The van der Waals surface area contributed by atoms with Gasteiger partial charge in [-0.05, 0) is 31.0 Å². The zero-order valence-corrected chi connectivity index (χ0v) is 15.3. The molecule has 7 heteroatoms. The van der Waals surface area contributed by atoms with E-state index in [1.165, 1.54) is 6.07 Å². The molecule has 27 heavy (non-hydrogen) atoms. The van der Waals surface area contributed by atoms with Crippen molar-refractivity contribution in [1.82, 2.24) is 14.9 Å². The van der Waals surface area contributed by atoms with Crippen molar-refractivity contribution in [3.05, 3.63) is 48.5 Å². The predicted molar refractivity (Wildman–Crippen MR) is 102 cm³/mol. The molecule has 142 valence electrons. The van der Waals surface area contributed by atoms with E-state index in [-0.39, 0.29) is 17.6 Å². The van der Waals surface area contributed by atoms with E-state index in [1.807, 2.05) is 15.9 Å². The molecule has 0 spiro atoms. The van der Waals surface area contributed by atoms with Crippen LogP contribution in [0.15, 0.2) is 42.7 Å². The Bertz CT molecular complexity index is 779. The van der Waals surface area contributed by atoms with Crippen LogP contribution >= 0.6 is 0 Å². The lowest BCUT2D eigenvalue weighted by molar-refractivity contribution is -0.136. The second kappa shape index (κ2) is 7.90. The van der Waals surface area contributed by atoms with Gasteiger partial charge in [-0.15, -0.1) is 0 Å². The van der Waals surface area contributed by atoms with Gasteiger partial charge in [0.25, 0.3) is 0 Å². The number of hydrogen-bond acceptors (Lipinski definition) is 5. The molecular weight excluding hydrogens is 345 g/mol. The van der Waals surface area contributed by atoms with E-state index in [4.69, 9.17) is 0 Å². The smallest absolute Gasteiger partial charge is 0.227 e. The first kappa shape index (κ1) is 17.7. The second-order valence-electron chi connectivity index (χ2n) is 7.10. The standard InChI is InChI=1S/C20H24FN5O/c21-17-6-1-2-7-18(17)24-11-13-25(14-12-24)19(27)16-5-3-10-26(15-16)20-22-8-4-9-23-20/h1-2,4,6-9,16H,3,5,10-15H2. The Morgan fingerprint density at radius 2 is 1.70 bits per heavy atom. The summed E-state index contributed by atoms with van der Waals surface area (Å²) in [6.07, 6.45) is 5.32. The van der Waals surface area contributed by atoms with Crippen LogP contribution in [0.2, 0.25) is 0 Å². The molecule has 4 rings (SSSR count). The third-order valence-electron chi connectivity index (χ3n) is 5.39. The number of carbonyl (C=O) groups excluding carboxylic acids is 1. The van der Waals surface area contributed by atoms with Gasteiger partial charge in [0.15, 0.2) is 0 Å². The number of halogens is 1. The molecule has 2 aromatic rings. The number of anilines is 2. The summed E-state index contributed by atoms with van der Waals surface area (Å²) in [5, 5.41) is 0. The molecule has 1 unspecified atom stereocenters. The summed E-state index contributed by atoms with van der Waals surface area (Å²) in [5.41, 5.74) is 0.620. The predicted octanol–water partition coefficient (Wildman–Crippen LogP) is 2.18. The van der Waals surface area contributed by atoms with Gasteiger partial charge in [0.1, 0.15) is 5.82 Å². The number of hydrogen-bond donors (Lipinski definition) is 0. The number of para-hydroxylation sites is 1. The van der Waals surface area contributed by atoms with E-state index in [1.54, 1.807) is 30.6 Å². The number of rotatable bonds is 3. The fourth-order valence-electron chi connectivity index (χ4n) is 3.95. The monoisotopic (exact) mass is 369 g/mol. The molecule has 0 bridgehead atoms. The van der Waals surface area contributed by atoms with Gasteiger partial charge >= 0.3 is 0 Å². The van der Waals surface area contributed by atoms with Gasteiger partial charge in [-0.2, -0.15) is 0 Å². The normalized spacial score (nSPS) is 20.6. The molecule has 0 radical (unpaired) electrons. The number of benzene rings is 1. The maximum atomic E-state index is 14.0. The topological polar surface area (TPSA) is 52.6 Å². The zero-order chi connectivity index (χ0) is 18.6. The first-order valence-corrected chi connectivity index (χ1v) is 9.52. The highest BCUT2D eigenvalue weighted by Crippen LogP contribution is 2.24. The average molecular weight is 369 g/mol. The Labute approximate surface area is 158 Å². The van der Waals surface area contributed by atoms with Crippen LogP contribution in [0, 0.1) is 11.7 Å². The largest absolute Gasteiger partial charge is 0.366 e. The maximum absolute atomic E-state index is 14.0. The van der Waals surface area contributed by atoms with E-state index < -0.39 is 0 Å². The van der Waals surface area contributed by atoms with Gasteiger partial charge in [-0.25, -0.2) is 14.4 Å². The molecule has 0 aliphatic carbocycles. The molecule has 1 amide bonds. The fourth-order valence-corrected chi connectivity index (χ4v) is 3.95. The Balaban J connectivity index is 1.36. The summed E-state index contributed by atoms with van der Waals surface area (Å²) >= 11 is 0. The van der Waals surface area contributed by atoms with E-state index >= 15 is 0 Å². The molecule has 0 N–H and O–H groups in total. The SMILES string of the molecule is O=C(C1CCCN(c2ncccn2)C1)N1CCN(c2ccccc2F)CC1. The molecular formula is C20H24FN5O. The van der Waals surface area contributed by atoms with Crippen LogP contribution in [0.5, 0.6) is 0 Å². The van der Waals surface area contributed by atoms with Crippen LogP contribution in [0.4, 0.5) is 16.0 Å². The van der Waals surface area contributed by atoms with E-state index in [9.17, 15) is 9.18 Å². The van der Waals surface area contributed by atoms with Gasteiger partial charge in [0, 0.05) is 51.7 Å². The van der Waals surface area contributed by atoms with Crippen molar-refractivity contribution >= 4 is 17.5 Å². The molecule has 2 fully saturated rings. The number of nitrogens with zero attached hydrogens (tertiary/aromatic N) is 5. The zero-order valence-electron chi connectivity index (χ0n) is 15.3. The van der Waals surface area contributed by atoms with E-state index in [0.29, 0.717) is 44.4 Å². The minimum Gasteiger partial charge on any atom is -0.366 e. The highest BCUT2D eigenvalue weighted by atomic mass is 19.1. The Morgan fingerprint density at radius 3 is 2.44 bits per heavy atom. The molecule has 1 aromatic carbocycles. The van der Waals surface area contributed by atoms with Crippen molar-refractivity contribution in [3.63, 3.8) is 0 Å². The van der Waals surface area contributed by atoms with Gasteiger partial charge in [0.05, 0.1) is 11.6 Å². The van der Waals surface area contributed by atoms with Crippen molar-refractivity contribution in [3.8, 4) is 0 Å². The molecule has 3 heterocycles. The molecule has 2 saturated heterocycles. The van der Waals surface area contributed by atoms with Gasteiger partial charge in [-0.1, -0.05) is 12.1 Å². The molecule has 1 atom stereocenters. The summed E-state index contributed by atoms with van der Waals surface area (Å²) in [7, 11) is 0. The Kier molecular flexibility index (Phi) is 5.18. The average Bonchev–Trinajstić information content (AvgIpc) is 2.74. The third kappa shape index (κ3) is 3.86. The van der Waals surface area contributed by atoms with Crippen molar-refractivity contribution in [2.45, 2.75) is 12.8 Å². The van der Waals surface area contributed by atoms with Crippen LogP contribution in [0.25, 0.3) is 0 Å². The number of amides is 1. The quantitative estimate of drug-likeness (QED) is 0.830. The van der Waals surface area contributed by atoms with Gasteiger partial charge < -0.3 is 14.7 Å². The Morgan fingerprint density at radius 1 is 0.963 bits per heavy atom. The minimum atomic E-state index is -0.206. The highest BCUT2D eigenvalue weighted by Gasteiger charge is 2.32. The lowest BCUT2D eigenvalue weighted by Gasteiger charge is -2.39. The number of piperazine rings is 1. The lowest BCUT2D eigenvalue weighted by Crippen LogP contribution is -2.53. The van der Waals surface area contributed by atoms with Crippen LogP contribution < -0.4 is 9.80 Å². The van der Waals surface area contributed by atoms with E-state index in [2.05, 4.69) is 14.9 Å². The summed E-state index contributed by atoms with van der Waals surface area (Å²) in [4.78, 5) is 27.7. The van der Waals surface area contributed by atoms with Crippen molar-refractivity contribution in [1.29, 1.82) is 0 Å². The minimum absolute atomic E-state index is 0.0254. The lowest BCUT2D eigenvalue weighted by atomic mass is 9.96. The Hall–Kier alpha value is -2.70. The van der Waals surface area contributed by atoms with Gasteiger partial charge in [-0.3, -0.25) is 4.79 Å². The first-order chi connectivity index (χ1) is 13.2. The van der Waals surface area contributed by atoms with E-state index in [0.717, 1.165) is 19.4 Å². The number of piperidine rings is 1. The molecule has 0 saturated carbocycles. The molecule has 2 aliphatic heterocycles. The summed E-state index contributed by atoms with van der Waals surface area (Å²) in [6.45, 7) is 4.12. The number of aromatic nitrogens is 2. The summed E-state index contributed by atoms with van der Waals surface area (Å²) < 4.78 is 14.0. The fraction of sp³-hybridized carbons (Fsp3) is 0.450. The van der Waals surface area contributed by atoms with Crippen LogP contribution in [0.1, 0.15) is 12.8 Å². The van der Waals surface area contributed by atoms with Crippen LogP contribution in [-0.2, 0) is 4.79 Å². The van der Waals surface area contributed by atoms with Crippen LogP contribution in [-0.4, -0.2) is 60.0 Å². The van der Waals surface area contributed by atoms with Gasteiger partial charge in [0.2, 0.25) is 11.9 Å². The number of carbonyl (C=O) groups is 1. The van der Waals surface area contributed by atoms with Crippen molar-refractivity contribution < 1.29 is 9.18 Å². The molecule has 1 aromatic heterocycles.